The maximum Gasteiger partial charge on any atom is 0.191 e. The fraction of sp³-hybridized carbons (Fsp3) is 0.609. The maximum absolute atomic E-state index is 10.5. The molecule has 0 fully saturated rings. The first-order valence-corrected chi connectivity index (χ1v) is 11.4. The molecule has 31 heavy (non-hydrogen) atoms. The predicted molar refractivity (Wildman–Crippen MR) is 134 cm³/mol. The first-order chi connectivity index (χ1) is 14.5. The van der Waals surface area contributed by atoms with Crippen molar-refractivity contribution in [3.63, 3.8) is 0 Å². The molecule has 8 heteroatoms. The molecule has 1 aliphatic heterocycles. The molecule has 1 atom stereocenters. The molecule has 2 aliphatic rings. The van der Waals surface area contributed by atoms with Crippen LogP contribution >= 0.6 is 24.0 Å². The van der Waals surface area contributed by atoms with Crippen molar-refractivity contribution < 1.29 is 5.11 Å². The Morgan fingerprint density at radius 1 is 1.26 bits per heavy atom. The van der Waals surface area contributed by atoms with E-state index in [0.29, 0.717) is 18.2 Å². The van der Waals surface area contributed by atoms with E-state index in [-0.39, 0.29) is 30.0 Å². The average molecular weight is 538 g/mol. The minimum atomic E-state index is 0. The molecule has 4 rings (SSSR count). The fourth-order valence-electron chi connectivity index (χ4n) is 4.43. The minimum Gasteiger partial charge on any atom is -0.508 e. The van der Waals surface area contributed by atoms with E-state index in [2.05, 4.69) is 47.6 Å². The summed E-state index contributed by atoms with van der Waals surface area (Å²) in [7, 11) is 0. The second-order valence-electron chi connectivity index (χ2n) is 8.71. The number of aromatic nitrogens is 3. The van der Waals surface area contributed by atoms with E-state index in [0.717, 1.165) is 61.9 Å². The van der Waals surface area contributed by atoms with E-state index in [1.54, 1.807) is 0 Å². The van der Waals surface area contributed by atoms with Gasteiger partial charge >= 0.3 is 0 Å². The number of aliphatic imine (C=N–C) groups is 1. The van der Waals surface area contributed by atoms with E-state index in [9.17, 15) is 5.11 Å². The summed E-state index contributed by atoms with van der Waals surface area (Å²) in [4.78, 5) is 9.50. The summed E-state index contributed by atoms with van der Waals surface area (Å²) >= 11 is 0. The van der Waals surface area contributed by atoms with Gasteiger partial charge in [0.1, 0.15) is 11.6 Å². The Labute approximate surface area is 202 Å². The first kappa shape index (κ1) is 23.8. The van der Waals surface area contributed by atoms with E-state index in [1.807, 2.05) is 10.7 Å². The van der Waals surface area contributed by atoms with Crippen LogP contribution in [0.5, 0.6) is 5.75 Å². The smallest absolute Gasteiger partial charge is 0.191 e. The monoisotopic (exact) mass is 538 g/mol. The zero-order chi connectivity index (χ0) is 21.1. The minimum absolute atomic E-state index is 0. The molecule has 0 saturated carbocycles. The number of rotatable bonds is 5. The second kappa shape index (κ2) is 10.7. The van der Waals surface area contributed by atoms with Crippen LogP contribution in [0.25, 0.3) is 0 Å². The number of nitrogens with zero attached hydrogens (tertiary/aromatic N) is 4. The van der Waals surface area contributed by atoms with Crippen molar-refractivity contribution in [2.45, 2.75) is 84.3 Å². The Balaban J connectivity index is 0.00000272. The Morgan fingerprint density at radius 2 is 2.06 bits per heavy atom. The van der Waals surface area contributed by atoms with Crippen molar-refractivity contribution in [3.05, 3.63) is 40.5 Å². The molecular weight excluding hydrogens is 503 g/mol. The van der Waals surface area contributed by atoms with Crippen molar-refractivity contribution in [3.8, 4) is 5.75 Å². The lowest BCUT2D eigenvalue weighted by molar-refractivity contribution is 0.391. The SMILES string of the molecule is CCNC(=NCc1c(O)ccc2c1CCCC2)NC1CCc2nc(C(C)C)nn2C1.I. The standard InChI is InChI=1S/C23H34N6O.HI/c1-4-24-23(25-13-19-18-8-6-5-7-16(18)9-11-20(19)30)26-17-10-12-21-27-22(15(2)3)28-29(21)14-17;/h9,11,15,17,30H,4-8,10,12-14H2,1-3H3,(H2,24,25,26);1H. The van der Waals surface area contributed by atoms with Gasteiger partial charge in [0.25, 0.3) is 0 Å². The Bertz CT molecular complexity index is 923. The van der Waals surface area contributed by atoms with Crippen LogP contribution in [0.2, 0.25) is 0 Å². The largest absolute Gasteiger partial charge is 0.508 e. The highest BCUT2D eigenvalue weighted by atomic mass is 127. The third-order valence-corrected chi connectivity index (χ3v) is 6.10. The lowest BCUT2D eigenvalue weighted by atomic mass is 9.88. The molecule has 1 unspecified atom stereocenters. The molecule has 7 nitrogen and oxygen atoms in total. The van der Waals surface area contributed by atoms with Crippen LogP contribution in [0.15, 0.2) is 17.1 Å². The van der Waals surface area contributed by atoms with Gasteiger partial charge < -0.3 is 15.7 Å². The number of nitrogens with one attached hydrogen (secondary N) is 2. The Hall–Kier alpha value is -1.84. The summed E-state index contributed by atoms with van der Waals surface area (Å²) in [6.07, 6.45) is 6.48. The van der Waals surface area contributed by atoms with E-state index in [4.69, 9.17) is 4.99 Å². The number of aryl methyl sites for hydroxylation is 2. The van der Waals surface area contributed by atoms with Crippen molar-refractivity contribution >= 4 is 29.9 Å². The van der Waals surface area contributed by atoms with Gasteiger partial charge in [0.15, 0.2) is 11.8 Å². The summed E-state index contributed by atoms with van der Waals surface area (Å²) in [6.45, 7) is 8.41. The van der Waals surface area contributed by atoms with Crippen molar-refractivity contribution in [2.24, 2.45) is 4.99 Å². The number of phenols is 1. The van der Waals surface area contributed by atoms with Gasteiger partial charge in [-0.2, -0.15) is 5.10 Å². The van der Waals surface area contributed by atoms with Crippen LogP contribution in [0.1, 0.15) is 74.3 Å². The Kier molecular flexibility index (Phi) is 8.18. The zero-order valence-electron chi connectivity index (χ0n) is 18.8. The molecule has 0 bridgehead atoms. The van der Waals surface area contributed by atoms with Gasteiger partial charge in [-0.15, -0.1) is 24.0 Å². The highest BCUT2D eigenvalue weighted by Crippen LogP contribution is 2.31. The molecule has 0 spiro atoms. The Morgan fingerprint density at radius 3 is 2.84 bits per heavy atom. The second-order valence-corrected chi connectivity index (χ2v) is 8.71. The molecule has 0 amide bonds. The highest BCUT2D eigenvalue weighted by molar-refractivity contribution is 14.0. The molecule has 3 N–H and O–H groups in total. The number of halogens is 1. The van der Waals surface area contributed by atoms with Crippen LogP contribution in [-0.4, -0.2) is 38.4 Å². The predicted octanol–water partition coefficient (Wildman–Crippen LogP) is 3.67. The number of phenolic OH excluding ortho intramolecular Hbond substituents is 1. The number of aromatic hydroxyl groups is 1. The summed E-state index contributed by atoms with van der Waals surface area (Å²) in [5.41, 5.74) is 3.65. The molecule has 1 aromatic heterocycles. The molecule has 0 radical (unpaired) electrons. The lowest BCUT2D eigenvalue weighted by Gasteiger charge is -2.25. The highest BCUT2D eigenvalue weighted by Gasteiger charge is 2.23. The van der Waals surface area contributed by atoms with Gasteiger partial charge in [-0.05, 0) is 56.2 Å². The van der Waals surface area contributed by atoms with Crippen LogP contribution in [-0.2, 0) is 32.4 Å². The van der Waals surface area contributed by atoms with Gasteiger partial charge in [-0.3, -0.25) is 0 Å². The summed E-state index contributed by atoms with van der Waals surface area (Å²) in [6, 6.07) is 4.16. The van der Waals surface area contributed by atoms with Gasteiger partial charge in [-0.1, -0.05) is 19.9 Å². The van der Waals surface area contributed by atoms with E-state index in [1.165, 1.54) is 24.0 Å². The third-order valence-electron chi connectivity index (χ3n) is 6.10. The molecule has 1 aliphatic carbocycles. The summed E-state index contributed by atoms with van der Waals surface area (Å²) in [5, 5.41) is 22.1. The number of guanidine groups is 1. The normalized spacial score (nSPS) is 18.2. The zero-order valence-corrected chi connectivity index (χ0v) is 21.1. The van der Waals surface area contributed by atoms with Gasteiger partial charge in [0.05, 0.1) is 13.1 Å². The molecule has 170 valence electrons. The first-order valence-electron chi connectivity index (χ1n) is 11.4. The van der Waals surface area contributed by atoms with Crippen LogP contribution < -0.4 is 10.6 Å². The van der Waals surface area contributed by atoms with Crippen molar-refractivity contribution in [1.82, 2.24) is 25.4 Å². The van der Waals surface area contributed by atoms with E-state index < -0.39 is 0 Å². The fourth-order valence-corrected chi connectivity index (χ4v) is 4.43. The average Bonchev–Trinajstić information content (AvgIpc) is 3.17. The quantitative estimate of drug-likeness (QED) is 0.307. The van der Waals surface area contributed by atoms with Gasteiger partial charge in [-0.25, -0.2) is 14.7 Å². The number of benzene rings is 1. The number of fused-ring (bicyclic) bond motifs is 2. The van der Waals surface area contributed by atoms with Crippen LogP contribution in [0.3, 0.4) is 0 Å². The van der Waals surface area contributed by atoms with Crippen molar-refractivity contribution in [1.29, 1.82) is 0 Å². The van der Waals surface area contributed by atoms with Crippen LogP contribution in [0.4, 0.5) is 0 Å². The topological polar surface area (TPSA) is 87.4 Å². The van der Waals surface area contributed by atoms with E-state index >= 15 is 0 Å². The van der Waals surface area contributed by atoms with Crippen LogP contribution in [0, 0.1) is 0 Å². The van der Waals surface area contributed by atoms with Crippen molar-refractivity contribution in [2.75, 3.05) is 6.54 Å². The summed E-state index contributed by atoms with van der Waals surface area (Å²) < 4.78 is 2.04. The molecule has 0 saturated heterocycles. The summed E-state index contributed by atoms with van der Waals surface area (Å²) in [5.74, 6) is 3.51. The molecule has 1 aromatic carbocycles. The molecule has 2 aromatic rings. The molecule has 2 heterocycles. The van der Waals surface area contributed by atoms with Gasteiger partial charge in [0.2, 0.25) is 0 Å². The third kappa shape index (κ3) is 5.51. The lowest BCUT2D eigenvalue weighted by Crippen LogP contribution is -2.47. The van der Waals surface area contributed by atoms with Gasteiger partial charge in [0, 0.05) is 30.5 Å². The number of hydrogen-bond donors (Lipinski definition) is 3. The maximum atomic E-state index is 10.5. The number of hydrogen-bond acceptors (Lipinski definition) is 4. The molecular formula is C23H35IN6O.